The van der Waals surface area contributed by atoms with Crippen LogP contribution in [-0.4, -0.2) is 54.3 Å². The Kier molecular flexibility index (Phi) is 9.57. The first-order chi connectivity index (χ1) is 20.9. The number of nitriles is 1. The number of hydrogen-bond acceptors (Lipinski definition) is 9. The molecule has 12 heteroatoms. The molecule has 0 saturated carbocycles. The van der Waals surface area contributed by atoms with Crippen molar-refractivity contribution in [2.75, 3.05) is 38.5 Å². The van der Waals surface area contributed by atoms with Gasteiger partial charge in [0.15, 0.2) is 0 Å². The normalized spacial score (nSPS) is 11.7. The lowest BCUT2D eigenvalue weighted by molar-refractivity contribution is -0.114. The maximum atomic E-state index is 14.1. The monoisotopic (exact) mass is 615 g/mol. The summed E-state index contributed by atoms with van der Waals surface area (Å²) in [6, 6.07) is 14.3. The van der Waals surface area contributed by atoms with Crippen LogP contribution in [0.1, 0.15) is 19.4 Å². The molecule has 0 bridgehead atoms. The van der Waals surface area contributed by atoms with E-state index < -0.39 is 11.4 Å². The van der Waals surface area contributed by atoms with E-state index in [1.807, 2.05) is 24.3 Å². The SMILES string of the molecule is CNc1ncc2cc(-c3cc(OC)cc(OC)c3Cl)c(=O)n(CCc3cccc(N(C)C(=O)/C(C#N)=C/C(C)(C)N)c3)c2n1. The molecule has 0 aliphatic rings. The van der Waals surface area contributed by atoms with Crippen molar-refractivity contribution in [1.82, 2.24) is 14.5 Å². The standard InChI is InChI=1S/C32H34ClN7O4/c1-32(2,35)16-21(17-34)29(41)39(4)22-9-7-8-19(12-22)10-11-40-28-20(18-37-31(36-3)38-28)13-25(30(40)42)24-14-23(43-5)15-26(44-6)27(24)33/h7-9,12-16,18H,10-11,35H2,1-6H3,(H,36,37,38)/b21-16+. The Morgan fingerprint density at radius 2 is 1.95 bits per heavy atom. The van der Waals surface area contributed by atoms with Crippen molar-refractivity contribution in [3.63, 3.8) is 0 Å². The molecule has 0 aliphatic carbocycles. The molecular weight excluding hydrogens is 582 g/mol. The summed E-state index contributed by atoms with van der Waals surface area (Å²) in [6.07, 6.45) is 3.52. The van der Waals surface area contributed by atoms with Crippen LogP contribution in [0.4, 0.5) is 11.6 Å². The molecule has 0 unspecified atom stereocenters. The van der Waals surface area contributed by atoms with Gasteiger partial charge >= 0.3 is 0 Å². The molecule has 0 radical (unpaired) electrons. The predicted octanol–water partition coefficient (Wildman–Crippen LogP) is 4.56. The van der Waals surface area contributed by atoms with Crippen LogP contribution in [0.15, 0.2) is 65.1 Å². The number of methoxy groups -OCH3 is 2. The third kappa shape index (κ3) is 6.83. The molecule has 4 rings (SSSR count). The van der Waals surface area contributed by atoms with Gasteiger partial charge in [0.25, 0.3) is 11.5 Å². The summed E-state index contributed by atoms with van der Waals surface area (Å²) in [5.41, 5.74) is 7.49. The van der Waals surface area contributed by atoms with Gasteiger partial charge in [-0.05, 0) is 56.2 Å². The van der Waals surface area contributed by atoms with Gasteiger partial charge in [-0.15, -0.1) is 0 Å². The molecule has 2 aromatic carbocycles. The summed E-state index contributed by atoms with van der Waals surface area (Å²) in [5.74, 6) is 0.742. The number of carbonyl (C=O) groups is 1. The predicted molar refractivity (Wildman–Crippen MR) is 172 cm³/mol. The fourth-order valence-electron chi connectivity index (χ4n) is 4.69. The third-order valence-corrected chi connectivity index (χ3v) is 7.29. The largest absolute Gasteiger partial charge is 0.497 e. The third-order valence-electron chi connectivity index (χ3n) is 6.90. The van der Waals surface area contributed by atoms with Crippen LogP contribution in [0.25, 0.3) is 22.2 Å². The number of pyridine rings is 1. The Morgan fingerprint density at radius 3 is 2.59 bits per heavy atom. The Balaban J connectivity index is 1.76. The first-order valence-corrected chi connectivity index (χ1v) is 14.1. The minimum atomic E-state index is -0.828. The van der Waals surface area contributed by atoms with Crippen LogP contribution in [0.3, 0.4) is 0 Å². The Hall–Kier alpha value is -4.92. The van der Waals surface area contributed by atoms with Gasteiger partial charge in [0.2, 0.25) is 5.95 Å². The van der Waals surface area contributed by atoms with Gasteiger partial charge in [0.05, 0.1) is 19.2 Å². The highest BCUT2D eigenvalue weighted by Crippen LogP contribution is 2.38. The zero-order valence-corrected chi connectivity index (χ0v) is 26.2. The lowest BCUT2D eigenvalue weighted by Gasteiger charge is -2.20. The molecule has 3 N–H and O–H groups in total. The van der Waals surface area contributed by atoms with Crippen molar-refractivity contribution in [3.05, 3.63) is 81.3 Å². The molecule has 0 atom stereocenters. The second-order valence-corrected chi connectivity index (χ2v) is 11.1. The zero-order valence-electron chi connectivity index (χ0n) is 25.4. The number of amides is 1. The fraction of sp³-hybridized carbons (Fsp3) is 0.281. The number of nitrogens with two attached hydrogens (primary N) is 1. The topological polar surface area (TPSA) is 148 Å². The molecule has 11 nitrogen and oxygen atoms in total. The second-order valence-electron chi connectivity index (χ2n) is 10.7. The average Bonchev–Trinajstić information content (AvgIpc) is 3.01. The number of nitrogens with one attached hydrogen (secondary N) is 1. The minimum absolute atomic E-state index is 0.0481. The number of likely N-dealkylation sites (N-methyl/N-ethyl adjacent to an activating group) is 1. The smallest absolute Gasteiger partial charge is 0.268 e. The van der Waals surface area contributed by atoms with Gasteiger partial charge in [-0.25, -0.2) is 4.98 Å². The maximum absolute atomic E-state index is 14.1. The summed E-state index contributed by atoms with van der Waals surface area (Å²) in [4.78, 5) is 37.5. The van der Waals surface area contributed by atoms with Crippen molar-refractivity contribution in [2.45, 2.75) is 32.4 Å². The Bertz CT molecular complexity index is 1850. The van der Waals surface area contributed by atoms with E-state index in [0.29, 0.717) is 51.7 Å². The molecule has 228 valence electrons. The van der Waals surface area contributed by atoms with Crippen LogP contribution >= 0.6 is 11.6 Å². The van der Waals surface area contributed by atoms with Crippen molar-refractivity contribution in [3.8, 4) is 28.7 Å². The summed E-state index contributed by atoms with van der Waals surface area (Å²) in [6.45, 7) is 3.68. The molecule has 0 saturated heterocycles. The van der Waals surface area contributed by atoms with E-state index in [4.69, 9.17) is 26.8 Å². The van der Waals surface area contributed by atoms with Crippen molar-refractivity contribution in [2.24, 2.45) is 5.73 Å². The molecule has 0 fully saturated rings. The highest BCUT2D eigenvalue weighted by atomic mass is 35.5. The number of ether oxygens (including phenoxy) is 2. The van der Waals surface area contributed by atoms with Gasteiger partial charge in [-0.1, -0.05) is 23.7 Å². The number of carbonyl (C=O) groups excluding carboxylic acids is 1. The molecular formula is C32H34ClN7O4. The molecule has 4 aromatic rings. The fourth-order valence-corrected chi connectivity index (χ4v) is 4.98. The van der Waals surface area contributed by atoms with Crippen molar-refractivity contribution in [1.29, 1.82) is 5.26 Å². The van der Waals surface area contributed by atoms with Crippen molar-refractivity contribution >= 4 is 40.2 Å². The number of aryl methyl sites for hydroxylation is 2. The van der Waals surface area contributed by atoms with E-state index in [-0.39, 0.29) is 22.7 Å². The number of nitrogens with zero attached hydrogens (tertiary/aromatic N) is 5. The maximum Gasteiger partial charge on any atom is 0.268 e. The molecule has 1 amide bonds. The molecule has 2 aromatic heterocycles. The summed E-state index contributed by atoms with van der Waals surface area (Å²) < 4.78 is 12.4. The first kappa shape index (κ1) is 32.0. The molecule has 0 aliphatic heterocycles. The average molecular weight is 616 g/mol. The minimum Gasteiger partial charge on any atom is -0.497 e. The zero-order chi connectivity index (χ0) is 32.2. The van der Waals surface area contributed by atoms with E-state index in [1.54, 1.807) is 63.0 Å². The van der Waals surface area contributed by atoms with Gasteiger partial charge in [-0.2, -0.15) is 10.2 Å². The number of anilines is 2. The number of benzene rings is 2. The van der Waals surface area contributed by atoms with Crippen molar-refractivity contribution < 1.29 is 14.3 Å². The lowest BCUT2D eigenvalue weighted by atomic mass is 10.0. The quantitative estimate of drug-likeness (QED) is 0.193. The summed E-state index contributed by atoms with van der Waals surface area (Å²) in [7, 11) is 6.31. The van der Waals surface area contributed by atoms with Gasteiger partial charge in [0, 0.05) is 60.6 Å². The number of rotatable bonds is 10. The highest BCUT2D eigenvalue weighted by Gasteiger charge is 2.21. The summed E-state index contributed by atoms with van der Waals surface area (Å²) >= 11 is 6.68. The number of halogens is 1. The van der Waals surface area contributed by atoms with E-state index in [1.165, 1.54) is 25.2 Å². The summed E-state index contributed by atoms with van der Waals surface area (Å²) in [5, 5.41) is 13.4. The highest BCUT2D eigenvalue weighted by molar-refractivity contribution is 6.35. The van der Waals surface area contributed by atoms with Crippen LogP contribution in [0.2, 0.25) is 5.02 Å². The molecule has 44 heavy (non-hydrogen) atoms. The van der Waals surface area contributed by atoms with E-state index in [0.717, 1.165) is 5.56 Å². The number of aromatic nitrogens is 3. The van der Waals surface area contributed by atoms with Crippen LogP contribution in [0, 0.1) is 11.3 Å². The number of hydrogen-bond donors (Lipinski definition) is 2. The first-order valence-electron chi connectivity index (χ1n) is 13.7. The lowest BCUT2D eigenvalue weighted by Crippen LogP contribution is -2.33. The molecule has 2 heterocycles. The number of fused-ring (bicyclic) bond motifs is 1. The van der Waals surface area contributed by atoms with Crippen LogP contribution in [0.5, 0.6) is 11.5 Å². The van der Waals surface area contributed by atoms with E-state index in [2.05, 4.69) is 15.3 Å². The Morgan fingerprint density at radius 1 is 1.20 bits per heavy atom. The van der Waals surface area contributed by atoms with Crippen LogP contribution < -0.4 is 31.0 Å². The molecule has 0 spiro atoms. The van der Waals surface area contributed by atoms with E-state index >= 15 is 0 Å². The van der Waals surface area contributed by atoms with Gasteiger partial charge in [0.1, 0.15) is 28.8 Å². The van der Waals surface area contributed by atoms with E-state index in [9.17, 15) is 14.9 Å². The second kappa shape index (κ2) is 13.2. The Labute approximate surface area is 260 Å². The van der Waals surface area contributed by atoms with Gasteiger partial charge in [-0.3, -0.25) is 14.2 Å². The van der Waals surface area contributed by atoms with Crippen LogP contribution in [-0.2, 0) is 17.8 Å². The van der Waals surface area contributed by atoms with Gasteiger partial charge < -0.3 is 25.4 Å².